The fourth-order valence-corrected chi connectivity index (χ4v) is 4.20. The first-order valence-electron chi connectivity index (χ1n) is 10.9. The van der Waals surface area contributed by atoms with Gasteiger partial charge in [-0.2, -0.15) is 5.10 Å². The smallest absolute Gasteiger partial charge is 0.222 e. The number of aromatic nitrogens is 3. The molecule has 2 aliphatic rings. The molecule has 9 nitrogen and oxygen atoms in total. The maximum Gasteiger partial charge on any atom is 0.222 e. The second kappa shape index (κ2) is 9.91. The Morgan fingerprint density at radius 2 is 2.13 bits per heavy atom. The molecular weight excluding hydrogens is 394 g/mol. The van der Waals surface area contributed by atoms with Crippen molar-refractivity contribution in [2.24, 2.45) is 4.99 Å². The van der Waals surface area contributed by atoms with Crippen LogP contribution in [0, 0.1) is 0 Å². The standard InChI is InChI=1S/C22H31N7O2/c1-23-22(25-18-9-10-20-26-19(15-31-2)27-29(20)14-18)24-12-16-6-3-4-7-17(16)13-28-11-5-8-21(28)30/h3-4,6-7,18H,5,8-15H2,1-2H3,(H2,23,24,25). The van der Waals surface area contributed by atoms with Crippen LogP contribution in [0.5, 0.6) is 0 Å². The number of nitrogens with zero attached hydrogens (tertiary/aromatic N) is 5. The highest BCUT2D eigenvalue weighted by molar-refractivity contribution is 5.80. The highest BCUT2D eigenvalue weighted by atomic mass is 16.5. The van der Waals surface area contributed by atoms with Crippen LogP contribution in [-0.2, 0) is 42.2 Å². The molecule has 31 heavy (non-hydrogen) atoms. The number of aryl methyl sites for hydroxylation is 1. The Morgan fingerprint density at radius 1 is 1.29 bits per heavy atom. The van der Waals surface area contributed by atoms with E-state index in [4.69, 9.17) is 4.74 Å². The van der Waals surface area contributed by atoms with E-state index in [9.17, 15) is 4.79 Å². The summed E-state index contributed by atoms with van der Waals surface area (Å²) in [6, 6.07) is 8.50. The number of fused-ring (bicyclic) bond motifs is 1. The Balaban J connectivity index is 1.33. The molecule has 0 spiro atoms. The van der Waals surface area contributed by atoms with Gasteiger partial charge in [0.1, 0.15) is 12.4 Å². The zero-order valence-corrected chi connectivity index (χ0v) is 18.3. The maximum absolute atomic E-state index is 12.0. The summed E-state index contributed by atoms with van der Waals surface area (Å²) < 4.78 is 7.10. The number of methoxy groups -OCH3 is 1. The maximum atomic E-state index is 12.0. The molecule has 3 heterocycles. The van der Waals surface area contributed by atoms with Gasteiger partial charge in [0.2, 0.25) is 5.91 Å². The van der Waals surface area contributed by atoms with Gasteiger partial charge in [0.25, 0.3) is 0 Å². The molecule has 2 aromatic rings. The Morgan fingerprint density at radius 3 is 2.87 bits per heavy atom. The Kier molecular flexibility index (Phi) is 6.81. The lowest BCUT2D eigenvalue weighted by Crippen LogP contribution is -2.46. The van der Waals surface area contributed by atoms with Crippen LogP contribution in [-0.4, -0.2) is 58.3 Å². The van der Waals surface area contributed by atoms with Crippen molar-refractivity contribution in [2.75, 3.05) is 20.7 Å². The zero-order valence-electron chi connectivity index (χ0n) is 18.3. The van der Waals surface area contributed by atoms with E-state index >= 15 is 0 Å². The molecule has 0 bridgehead atoms. The molecule has 0 aliphatic carbocycles. The van der Waals surface area contributed by atoms with Gasteiger partial charge < -0.3 is 20.3 Å². The summed E-state index contributed by atoms with van der Waals surface area (Å²) in [5.74, 6) is 2.75. The van der Waals surface area contributed by atoms with Crippen molar-refractivity contribution in [3.05, 3.63) is 47.0 Å². The number of carbonyl (C=O) groups excluding carboxylic acids is 1. The van der Waals surface area contributed by atoms with E-state index in [1.54, 1.807) is 14.2 Å². The van der Waals surface area contributed by atoms with Gasteiger partial charge >= 0.3 is 0 Å². The number of guanidine groups is 1. The molecule has 0 radical (unpaired) electrons. The topological polar surface area (TPSA) is 96.7 Å². The first kappa shape index (κ1) is 21.3. The molecule has 166 valence electrons. The summed E-state index contributed by atoms with van der Waals surface area (Å²) in [6.45, 7) is 3.35. The molecule has 1 amide bonds. The summed E-state index contributed by atoms with van der Waals surface area (Å²) in [4.78, 5) is 22.9. The molecule has 0 saturated carbocycles. The van der Waals surface area contributed by atoms with Gasteiger partial charge in [-0.3, -0.25) is 9.79 Å². The molecule has 1 aromatic heterocycles. The van der Waals surface area contributed by atoms with Crippen molar-refractivity contribution in [1.29, 1.82) is 0 Å². The molecule has 1 atom stereocenters. The highest BCUT2D eigenvalue weighted by Crippen LogP contribution is 2.17. The number of hydrogen-bond donors (Lipinski definition) is 2. The van der Waals surface area contributed by atoms with E-state index in [0.29, 0.717) is 26.1 Å². The van der Waals surface area contributed by atoms with E-state index < -0.39 is 0 Å². The van der Waals surface area contributed by atoms with Crippen LogP contribution in [0.25, 0.3) is 0 Å². The predicted octanol–water partition coefficient (Wildman–Crippen LogP) is 1.23. The lowest BCUT2D eigenvalue weighted by Gasteiger charge is -2.25. The van der Waals surface area contributed by atoms with E-state index in [0.717, 1.165) is 50.0 Å². The lowest BCUT2D eigenvalue weighted by molar-refractivity contribution is -0.128. The second-order valence-electron chi connectivity index (χ2n) is 8.05. The third kappa shape index (κ3) is 5.22. The van der Waals surface area contributed by atoms with Gasteiger partial charge in [-0.05, 0) is 24.0 Å². The Bertz CT molecular complexity index is 940. The first-order valence-corrected chi connectivity index (χ1v) is 10.9. The second-order valence-corrected chi connectivity index (χ2v) is 8.05. The summed E-state index contributed by atoms with van der Waals surface area (Å²) >= 11 is 0. The summed E-state index contributed by atoms with van der Waals surface area (Å²) in [7, 11) is 3.44. The molecule has 9 heteroatoms. The minimum atomic E-state index is 0.230. The van der Waals surface area contributed by atoms with E-state index in [1.807, 2.05) is 21.7 Å². The van der Waals surface area contributed by atoms with E-state index in [1.165, 1.54) is 11.1 Å². The molecule has 1 aromatic carbocycles. The Labute approximate surface area is 182 Å². The minimum Gasteiger partial charge on any atom is -0.377 e. The van der Waals surface area contributed by atoms with E-state index in [2.05, 4.69) is 37.8 Å². The third-order valence-corrected chi connectivity index (χ3v) is 5.84. The van der Waals surface area contributed by atoms with Crippen molar-refractivity contribution in [3.63, 3.8) is 0 Å². The van der Waals surface area contributed by atoms with Gasteiger partial charge in [0.05, 0.1) is 6.54 Å². The van der Waals surface area contributed by atoms with Crippen LogP contribution < -0.4 is 10.6 Å². The van der Waals surface area contributed by atoms with Crippen molar-refractivity contribution in [2.45, 2.75) is 58.0 Å². The number of benzene rings is 1. The van der Waals surface area contributed by atoms with Crippen LogP contribution in [0.3, 0.4) is 0 Å². The monoisotopic (exact) mass is 425 g/mol. The minimum absolute atomic E-state index is 0.230. The van der Waals surface area contributed by atoms with Crippen LogP contribution >= 0.6 is 0 Å². The molecule has 2 N–H and O–H groups in total. The van der Waals surface area contributed by atoms with Crippen LogP contribution in [0.2, 0.25) is 0 Å². The Hall–Kier alpha value is -2.94. The van der Waals surface area contributed by atoms with E-state index in [-0.39, 0.29) is 11.9 Å². The van der Waals surface area contributed by atoms with Crippen LogP contribution in [0.15, 0.2) is 29.3 Å². The number of ether oxygens (including phenoxy) is 1. The average molecular weight is 426 g/mol. The first-order chi connectivity index (χ1) is 15.2. The van der Waals surface area contributed by atoms with Gasteiger partial charge in [-0.25, -0.2) is 9.67 Å². The highest BCUT2D eigenvalue weighted by Gasteiger charge is 2.23. The number of likely N-dealkylation sites (tertiary alicyclic amines) is 1. The number of carbonyl (C=O) groups is 1. The molecule has 1 unspecified atom stereocenters. The normalized spacial score (nSPS) is 18.9. The fourth-order valence-electron chi connectivity index (χ4n) is 4.20. The third-order valence-electron chi connectivity index (χ3n) is 5.84. The fraction of sp³-hybridized carbons (Fsp3) is 0.545. The number of rotatable bonds is 7. The lowest BCUT2D eigenvalue weighted by atomic mass is 10.1. The number of aliphatic imine (C=N–C) groups is 1. The van der Waals surface area contributed by atoms with Crippen molar-refractivity contribution < 1.29 is 9.53 Å². The summed E-state index contributed by atoms with van der Waals surface area (Å²) in [5.41, 5.74) is 2.35. The van der Waals surface area contributed by atoms with Gasteiger partial charge in [0, 0.05) is 52.7 Å². The predicted molar refractivity (Wildman–Crippen MR) is 117 cm³/mol. The van der Waals surface area contributed by atoms with Crippen molar-refractivity contribution >= 4 is 11.9 Å². The quantitative estimate of drug-likeness (QED) is 0.512. The average Bonchev–Trinajstić information content (AvgIpc) is 3.37. The van der Waals surface area contributed by atoms with Crippen LogP contribution in [0.1, 0.15) is 42.0 Å². The summed E-state index contributed by atoms with van der Waals surface area (Å²) in [6.07, 6.45) is 3.47. The largest absolute Gasteiger partial charge is 0.377 e. The SMILES string of the molecule is CN=C(NCc1ccccc1CN1CCCC1=O)NC1CCc2nc(COC)nn2C1. The molecule has 2 aliphatic heterocycles. The molecule has 1 fully saturated rings. The van der Waals surface area contributed by atoms with Crippen molar-refractivity contribution in [1.82, 2.24) is 30.3 Å². The molecule has 4 rings (SSSR count). The number of amides is 1. The molecular formula is C22H31N7O2. The van der Waals surface area contributed by atoms with Gasteiger partial charge in [-0.1, -0.05) is 24.3 Å². The zero-order chi connectivity index (χ0) is 21.6. The number of hydrogen-bond acceptors (Lipinski definition) is 5. The summed E-state index contributed by atoms with van der Waals surface area (Å²) in [5, 5.41) is 11.5. The molecule has 1 saturated heterocycles. The van der Waals surface area contributed by atoms with Gasteiger partial charge in [0.15, 0.2) is 11.8 Å². The van der Waals surface area contributed by atoms with Crippen LogP contribution in [0.4, 0.5) is 0 Å². The van der Waals surface area contributed by atoms with Gasteiger partial charge in [-0.15, -0.1) is 0 Å². The number of nitrogens with one attached hydrogen (secondary N) is 2. The van der Waals surface area contributed by atoms with Crippen molar-refractivity contribution in [3.8, 4) is 0 Å².